The molecule has 1 unspecified atom stereocenters. The fourth-order valence-corrected chi connectivity index (χ4v) is 5.30. The molecule has 0 radical (unpaired) electrons. The fourth-order valence-electron chi connectivity index (χ4n) is 5.13. The standard InChI is InChI=1S/C32H34ClN3O5/c1-4-6-17-41-26-14-9-21(18-27(26)40-5-2)31-28-29(24-19-22(33)10-13-25(24)37)34-35-30(28)32(38)36(31)16-15-20-7-11-23(39-3)12-8-20/h7-14,18-19,31,37H,4-6,15-17H2,1-3H3,(H,34,35). The summed E-state index contributed by atoms with van der Waals surface area (Å²) in [5.74, 6) is 1.92. The molecule has 3 aromatic carbocycles. The number of amides is 1. The number of H-pyrrole nitrogens is 1. The fraction of sp³-hybridized carbons (Fsp3) is 0.312. The monoisotopic (exact) mass is 575 g/mol. The minimum atomic E-state index is -0.480. The molecule has 0 bridgehead atoms. The van der Waals surface area contributed by atoms with Gasteiger partial charge in [-0.2, -0.15) is 5.10 Å². The Balaban J connectivity index is 1.57. The lowest BCUT2D eigenvalue weighted by Gasteiger charge is -2.27. The van der Waals surface area contributed by atoms with Crippen LogP contribution in [0.1, 0.15) is 59.9 Å². The molecule has 214 valence electrons. The molecule has 0 saturated heterocycles. The number of aromatic amines is 1. The molecule has 0 saturated carbocycles. The first-order valence-corrected chi connectivity index (χ1v) is 14.2. The van der Waals surface area contributed by atoms with Crippen molar-refractivity contribution in [2.75, 3.05) is 26.9 Å². The summed E-state index contributed by atoms with van der Waals surface area (Å²) in [6.07, 6.45) is 2.60. The molecule has 0 aliphatic carbocycles. The topological polar surface area (TPSA) is 96.9 Å². The third kappa shape index (κ3) is 5.84. The Kier molecular flexibility index (Phi) is 8.69. The van der Waals surface area contributed by atoms with Crippen molar-refractivity contribution in [1.29, 1.82) is 0 Å². The Morgan fingerprint density at radius 1 is 1.02 bits per heavy atom. The van der Waals surface area contributed by atoms with Crippen molar-refractivity contribution in [3.8, 4) is 34.3 Å². The van der Waals surface area contributed by atoms with E-state index in [1.807, 2.05) is 54.3 Å². The predicted octanol–water partition coefficient (Wildman–Crippen LogP) is 6.81. The van der Waals surface area contributed by atoms with E-state index >= 15 is 0 Å². The summed E-state index contributed by atoms with van der Waals surface area (Å²) in [6.45, 7) is 5.56. The van der Waals surface area contributed by atoms with Crippen molar-refractivity contribution in [1.82, 2.24) is 15.1 Å². The minimum absolute atomic E-state index is 0.0289. The summed E-state index contributed by atoms with van der Waals surface area (Å²) in [7, 11) is 1.64. The number of halogens is 1. The summed E-state index contributed by atoms with van der Waals surface area (Å²) in [5.41, 5.74) is 3.93. The number of unbranched alkanes of at least 4 members (excludes halogenated alkanes) is 1. The van der Waals surface area contributed by atoms with E-state index in [0.29, 0.717) is 65.2 Å². The Morgan fingerprint density at radius 3 is 2.56 bits per heavy atom. The molecular formula is C32H34ClN3O5. The van der Waals surface area contributed by atoms with Gasteiger partial charge in [-0.3, -0.25) is 9.89 Å². The van der Waals surface area contributed by atoms with E-state index in [1.54, 1.807) is 19.2 Å². The normalized spacial score (nSPS) is 14.3. The van der Waals surface area contributed by atoms with Crippen LogP contribution in [0, 0.1) is 0 Å². The van der Waals surface area contributed by atoms with Crippen LogP contribution in [0.2, 0.25) is 5.02 Å². The second-order valence-corrected chi connectivity index (χ2v) is 10.3. The van der Waals surface area contributed by atoms with Gasteiger partial charge in [0.1, 0.15) is 22.9 Å². The van der Waals surface area contributed by atoms with E-state index in [-0.39, 0.29) is 11.7 Å². The highest BCUT2D eigenvalue weighted by Crippen LogP contribution is 2.46. The second kappa shape index (κ2) is 12.6. The number of methoxy groups -OCH3 is 1. The van der Waals surface area contributed by atoms with Crippen LogP contribution in [0.15, 0.2) is 60.7 Å². The number of benzene rings is 3. The zero-order valence-electron chi connectivity index (χ0n) is 23.4. The van der Waals surface area contributed by atoms with Crippen molar-refractivity contribution >= 4 is 17.5 Å². The zero-order valence-corrected chi connectivity index (χ0v) is 24.2. The van der Waals surface area contributed by atoms with Crippen molar-refractivity contribution in [3.63, 3.8) is 0 Å². The smallest absolute Gasteiger partial charge is 0.273 e. The molecule has 9 heteroatoms. The zero-order chi connectivity index (χ0) is 28.9. The largest absolute Gasteiger partial charge is 0.507 e. The molecule has 2 N–H and O–H groups in total. The molecule has 0 fully saturated rings. The number of fused-ring (bicyclic) bond motifs is 1. The van der Waals surface area contributed by atoms with Crippen LogP contribution >= 0.6 is 11.6 Å². The van der Waals surface area contributed by atoms with E-state index in [2.05, 4.69) is 17.1 Å². The second-order valence-electron chi connectivity index (χ2n) is 9.86. The number of hydrogen-bond acceptors (Lipinski definition) is 6. The van der Waals surface area contributed by atoms with Crippen LogP contribution in [0.3, 0.4) is 0 Å². The van der Waals surface area contributed by atoms with Gasteiger partial charge >= 0.3 is 0 Å². The summed E-state index contributed by atoms with van der Waals surface area (Å²) >= 11 is 6.29. The van der Waals surface area contributed by atoms with Gasteiger partial charge in [0.25, 0.3) is 5.91 Å². The lowest BCUT2D eigenvalue weighted by atomic mass is 9.95. The van der Waals surface area contributed by atoms with Crippen LogP contribution in [-0.2, 0) is 6.42 Å². The third-order valence-electron chi connectivity index (χ3n) is 7.22. The van der Waals surface area contributed by atoms with E-state index in [1.165, 1.54) is 6.07 Å². The number of carbonyl (C=O) groups is 1. The van der Waals surface area contributed by atoms with Gasteiger partial charge in [0.2, 0.25) is 0 Å². The van der Waals surface area contributed by atoms with Gasteiger partial charge in [-0.15, -0.1) is 0 Å². The van der Waals surface area contributed by atoms with Crippen molar-refractivity contribution in [2.45, 2.75) is 39.2 Å². The number of phenolic OH excluding ortho intramolecular Hbond substituents is 1. The number of nitrogens with zero attached hydrogens (tertiary/aromatic N) is 2. The first kappa shape index (κ1) is 28.4. The molecule has 2 heterocycles. The molecule has 1 aromatic heterocycles. The number of aromatic nitrogens is 2. The van der Waals surface area contributed by atoms with Gasteiger partial charge in [0.05, 0.1) is 26.4 Å². The van der Waals surface area contributed by atoms with Gasteiger partial charge in [-0.05, 0) is 73.4 Å². The quantitative estimate of drug-likeness (QED) is 0.180. The predicted molar refractivity (Wildman–Crippen MR) is 158 cm³/mol. The molecule has 1 aliphatic rings. The van der Waals surface area contributed by atoms with Crippen molar-refractivity contribution < 1.29 is 24.1 Å². The van der Waals surface area contributed by atoms with Crippen LogP contribution < -0.4 is 14.2 Å². The van der Waals surface area contributed by atoms with Crippen LogP contribution in [0.25, 0.3) is 11.3 Å². The number of nitrogens with one attached hydrogen (secondary N) is 1. The van der Waals surface area contributed by atoms with E-state index in [0.717, 1.165) is 29.7 Å². The van der Waals surface area contributed by atoms with Crippen molar-refractivity contribution in [2.24, 2.45) is 0 Å². The maximum atomic E-state index is 13.8. The first-order chi connectivity index (χ1) is 19.9. The van der Waals surface area contributed by atoms with Crippen LogP contribution in [0.5, 0.6) is 23.0 Å². The lowest BCUT2D eigenvalue weighted by molar-refractivity contribution is 0.0745. The maximum Gasteiger partial charge on any atom is 0.273 e. The van der Waals surface area contributed by atoms with E-state index < -0.39 is 6.04 Å². The van der Waals surface area contributed by atoms with Gasteiger partial charge in [-0.1, -0.05) is 43.1 Å². The Hall–Kier alpha value is -4.17. The summed E-state index contributed by atoms with van der Waals surface area (Å²) in [5, 5.41) is 18.6. The number of rotatable bonds is 12. The van der Waals surface area contributed by atoms with E-state index in [9.17, 15) is 9.90 Å². The first-order valence-electron chi connectivity index (χ1n) is 13.9. The molecular weight excluding hydrogens is 542 g/mol. The molecule has 1 atom stereocenters. The number of phenols is 1. The molecule has 0 spiro atoms. The highest BCUT2D eigenvalue weighted by molar-refractivity contribution is 6.31. The molecule has 8 nitrogen and oxygen atoms in total. The van der Waals surface area contributed by atoms with Gasteiger partial charge in [-0.25, -0.2) is 0 Å². The molecule has 1 amide bonds. The molecule has 41 heavy (non-hydrogen) atoms. The Bertz CT molecular complexity index is 1520. The van der Waals surface area contributed by atoms with Gasteiger partial charge in [0, 0.05) is 22.7 Å². The van der Waals surface area contributed by atoms with Gasteiger partial charge < -0.3 is 24.2 Å². The average Bonchev–Trinajstić information content (AvgIpc) is 3.53. The number of carbonyl (C=O) groups excluding carboxylic acids is 1. The van der Waals surface area contributed by atoms with Crippen LogP contribution in [-0.4, -0.2) is 53.0 Å². The number of aromatic hydroxyl groups is 1. The Morgan fingerprint density at radius 2 is 1.83 bits per heavy atom. The van der Waals surface area contributed by atoms with Crippen LogP contribution in [0.4, 0.5) is 0 Å². The highest BCUT2D eigenvalue weighted by atomic mass is 35.5. The van der Waals surface area contributed by atoms with Gasteiger partial charge in [0.15, 0.2) is 11.5 Å². The molecule has 1 aliphatic heterocycles. The summed E-state index contributed by atoms with van der Waals surface area (Å²) in [6, 6.07) is 17.9. The average molecular weight is 576 g/mol. The Labute approximate surface area is 244 Å². The highest BCUT2D eigenvalue weighted by Gasteiger charge is 2.42. The minimum Gasteiger partial charge on any atom is -0.507 e. The summed E-state index contributed by atoms with van der Waals surface area (Å²) < 4.78 is 17.3. The van der Waals surface area contributed by atoms with E-state index in [4.69, 9.17) is 25.8 Å². The van der Waals surface area contributed by atoms with Crippen molar-refractivity contribution in [3.05, 3.63) is 88.1 Å². The lowest BCUT2D eigenvalue weighted by Crippen LogP contribution is -2.31. The molecule has 4 aromatic rings. The summed E-state index contributed by atoms with van der Waals surface area (Å²) in [4.78, 5) is 15.7. The number of hydrogen-bond donors (Lipinski definition) is 2. The number of ether oxygens (including phenoxy) is 3. The SMILES string of the molecule is CCCCOc1ccc(C2c3c(-c4cc(Cl)ccc4O)n[nH]c3C(=O)N2CCc2ccc(OC)cc2)cc1OCC. The third-order valence-corrected chi connectivity index (χ3v) is 7.45. The maximum absolute atomic E-state index is 13.8. The molecule has 5 rings (SSSR count).